The summed E-state index contributed by atoms with van der Waals surface area (Å²) in [5.74, 6) is -3.14. The molecule has 0 atom stereocenters. The predicted molar refractivity (Wildman–Crippen MR) is 92.5 cm³/mol. The van der Waals surface area contributed by atoms with Crippen LogP contribution in [0, 0.1) is 21.7 Å². The number of aromatic nitrogens is 3. The van der Waals surface area contributed by atoms with E-state index in [1.807, 2.05) is 0 Å². The molecule has 1 aromatic heterocycles. The fourth-order valence-corrected chi connectivity index (χ4v) is 3.00. The molecule has 27 heavy (non-hydrogen) atoms. The van der Waals surface area contributed by atoms with Gasteiger partial charge < -0.3 is 9.88 Å². The number of nitro benzene ring substituents is 1. The highest BCUT2D eigenvalue weighted by Gasteiger charge is 2.21. The summed E-state index contributed by atoms with van der Waals surface area (Å²) in [6.45, 7) is 0. The first-order valence-electron chi connectivity index (χ1n) is 7.42. The summed E-state index contributed by atoms with van der Waals surface area (Å²) >= 11 is 1.01. The molecule has 0 fully saturated rings. The number of hydrogen-bond acceptors (Lipinski definition) is 6. The molecule has 0 saturated carbocycles. The zero-order valence-electron chi connectivity index (χ0n) is 13.7. The van der Waals surface area contributed by atoms with Gasteiger partial charge in [-0.25, -0.2) is 8.78 Å². The minimum absolute atomic E-state index is 0.0762. The number of anilines is 1. The van der Waals surface area contributed by atoms with Gasteiger partial charge in [0, 0.05) is 18.7 Å². The number of carbonyl (C=O) groups excluding carboxylic acids is 1. The van der Waals surface area contributed by atoms with Gasteiger partial charge in [0.15, 0.2) is 16.8 Å². The van der Waals surface area contributed by atoms with Crippen molar-refractivity contribution in [3.63, 3.8) is 0 Å². The van der Waals surface area contributed by atoms with Gasteiger partial charge in [0.1, 0.15) is 6.33 Å². The smallest absolute Gasteiger partial charge is 0.284 e. The van der Waals surface area contributed by atoms with E-state index in [0.717, 1.165) is 23.9 Å². The number of aryl methyl sites for hydroxylation is 1. The van der Waals surface area contributed by atoms with Crippen molar-refractivity contribution in [3.05, 3.63) is 70.0 Å². The molecule has 2 aromatic carbocycles. The third-order valence-electron chi connectivity index (χ3n) is 3.49. The van der Waals surface area contributed by atoms with Gasteiger partial charge in [-0.2, -0.15) is 0 Å². The molecule has 3 aromatic rings. The lowest BCUT2D eigenvalue weighted by Gasteiger charge is -2.08. The summed E-state index contributed by atoms with van der Waals surface area (Å²) in [7, 11) is 1.68. The van der Waals surface area contributed by atoms with Crippen LogP contribution in [0.5, 0.6) is 0 Å². The number of nitrogens with zero attached hydrogens (tertiary/aromatic N) is 4. The molecule has 138 valence electrons. The number of rotatable bonds is 5. The molecule has 0 aliphatic carbocycles. The van der Waals surface area contributed by atoms with E-state index in [9.17, 15) is 23.7 Å². The second-order valence-corrected chi connectivity index (χ2v) is 6.33. The predicted octanol–water partition coefficient (Wildman–Crippen LogP) is 3.41. The molecule has 0 radical (unpaired) electrons. The summed E-state index contributed by atoms with van der Waals surface area (Å²) in [6.07, 6.45) is 1.45. The zero-order chi connectivity index (χ0) is 19.6. The van der Waals surface area contributed by atoms with E-state index in [2.05, 4.69) is 15.5 Å². The van der Waals surface area contributed by atoms with E-state index in [0.29, 0.717) is 5.16 Å². The topological polar surface area (TPSA) is 103 Å². The Kier molecular flexibility index (Phi) is 5.12. The molecule has 0 saturated heterocycles. The number of nitro groups is 1. The Morgan fingerprint density at radius 2 is 2.07 bits per heavy atom. The van der Waals surface area contributed by atoms with Gasteiger partial charge in [-0.05, 0) is 36.0 Å². The van der Waals surface area contributed by atoms with E-state index < -0.39 is 22.5 Å². The lowest BCUT2D eigenvalue weighted by molar-refractivity contribution is -0.387. The monoisotopic (exact) mass is 391 g/mol. The highest BCUT2D eigenvalue weighted by Crippen LogP contribution is 2.34. The Bertz CT molecular complexity index is 1040. The Morgan fingerprint density at radius 3 is 2.74 bits per heavy atom. The van der Waals surface area contributed by atoms with Gasteiger partial charge in [0.2, 0.25) is 0 Å². The first-order chi connectivity index (χ1) is 12.9. The van der Waals surface area contributed by atoms with Crippen molar-refractivity contribution in [1.82, 2.24) is 14.8 Å². The number of nitrogens with one attached hydrogen (secondary N) is 1. The van der Waals surface area contributed by atoms with Crippen molar-refractivity contribution < 1.29 is 18.5 Å². The number of amides is 1. The van der Waals surface area contributed by atoms with Crippen molar-refractivity contribution in [2.24, 2.45) is 7.05 Å². The molecule has 0 spiro atoms. The molecule has 1 amide bonds. The van der Waals surface area contributed by atoms with Crippen LogP contribution in [0.1, 0.15) is 10.4 Å². The van der Waals surface area contributed by atoms with Crippen LogP contribution in [0.25, 0.3) is 0 Å². The van der Waals surface area contributed by atoms with Crippen LogP contribution in [0.2, 0.25) is 0 Å². The summed E-state index contributed by atoms with van der Waals surface area (Å²) in [5, 5.41) is 21.5. The summed E-state index contributed by atoms with van der Waals surface area (Å²) in [5.41, 5.74) is -0.761. The van der Waals surface area contributed by atoms with Crippen LogP contribution in [0.3, 0.4) is 0 Å². The molecular weight excluding hydrogens is 380 g/mol. The lowest BCUT2D eigenvalue weighted by atomic mass is 10.2. The maximum atomic E-state index is 13.7. The van der Waals surface area contributed by atoms with E-state index in [4.69, 9.17) is 0 Å². The fraction of sp³-hybridized carbons (Fsp3) is 0.0625. The molecule has 3 rings (SSSR count). The average Bonchev–Trinajstić information content (AvgIpc) is 3.03. The van der Waals surface area contributed by atoms with Crippen molar-refractivity contribution >= 4 is 29.0 Å². The molecule has 0 aliphatic heterocycles. The third-order valence-corrected chi connectivity index (χ3v) is 4.61. The highest BCUT2D eigenvalue weighted by atomic mass is 32.2. The summed E-state index contributed by atoms with van der Waals surface area (Å²) < 4.78 is 28.5. The fourth-order valence-electron chi connectivity index (χ4n) is 2.15. The van der Waals surface area contributed by atoms with Gasteiger partial charge >= 0.3 is 0 Å². The Morgan fingerprint density at radius 1 is 1.30 bits per heavy atom. The lowest BCUT2D eigenvalue weighted by Crippen LogP contribution is -2.14. The van der Waals surface area contributed by atoms with E-state index in [-0.39, 0.29) is 21.8 Å². The molecule has 8 nitrogen and oxygen atoms in total. The molecule has 11 heteroatoms. The van der Waals surface area contributed by atoms with Crippen LogP contribution in [0.15, 0.2) is 52.8 Å². The van der Waals surface area contributed by atoms with Gasteiger partial charge in [0.05, 0.1) is 15.5 Å². The number of halogens is 2. The highest BCUT2D eigenvalue weighted by molar-refractivity contribution is 7.99. The third kappa shape index (κ3) is 3.92. The standard InChI is InChI=1S/C16H11F2N5O3S/c1-22-8-19-21-16(22)27-13-6-5-9(7-12(13)23(25)26)15(24)20-11-4-2-3-10(17)14(11)18/h2-8H,1H3,(H,20,24). The van der Waals surface area contributed by atoms with Gasteiger partial charge in [-0.1, -0.05) is 6.07 Å². The number of hydrogen-bond donors (Lipinski definition) is 1. The van der Waals surface area contributed by atoms with Crippen molar-refractivity contribution in [3.8, 4) is 0 Å². The number of carbonyl (C=O) groups is 1. The second kappa shape index (κ2) is 7.50. The summed E-state index contributed by atoms with van der Waals surface area (Å²) in [4.78, 5) is 23.3. The Balaban J connectivity index is 1.89. The van der Waals surface area contributed by atoms with E-state index in [1.54, 1.807) is 11.6 Å². The molecule has 1 heterocycles. The van der Waals surface area contributed by atoms with E-state index >= 15 is 0 Å². The quantitative estimate of drug-likeness (QED) is 0.528. The van der Waals surface area contributed by atoms with Crippen LogP contribution in [-0.2, 0) is 7.05 Å². The number of benzene rings is 2. The Labute approximate surface area is 155 Å². The largest absolute Gasteiger partial charge is 0.319 e. The molecule has 1 N–H and O–H groups in total. The van der Waals surface area contributed by atoms with Crippen LogP contribution in [-0.4, -0.2) is 25.6 Å². The average molecular weight is 391 g/mol. The summed E-state index contributed by atoms with van der Waals surface area (Å²) in [6, 6.07) is 7.12. The normalized spacial score (nSPS) is 10.6. The van der Waals surface area contributed by atoms with Crippen molar-refractivity contribution in [2.45, 2.75) is 10.1 Å². The van der Waals surface area contributed by atoms with Crippen molar-refractivity contribution in [2.75, 3.05) is 5.32 Å². The Hall–Kier alpha value is -3.34. The van der Waals surface area contributed by atoms with Crippen molar-refractivity contribution in [1.29, 1.82) is 0 Å². The maximum Gasteiger partial charge on any atom is 0.284 e. The molecule has 0 bridgehead atoms. The minimum Gasteiger partial charge on any atom is -0.319 e. The molecular formula is C16H11F2N5O3S. The van der Waals surface area contributed by atoms with Crippen LogP contribution >= 0.6 is 11.8 Å². The van der Waals surface area contributed by atoms with E-state index in [1.165, 1.54) is 30.6 Å². The zero-order valence-corrected chi connectivity index (χ0v) is 14.5. The SMILES string of the molecule is Cn1cnnc1Sc1ccc(C(=O)Nc2cccc(F)c2F)cc1[N+](=O)[O-]. The van der Waals surface area contributed by atoms with Gasteiger partial charge in [-0.3, -0.25) is 14.9 Å². The van der Waals surface area contributed by atoms with Crippen LogP contribution in [0.4, 0.5) is 20.2 Å². The second-order valence-electron chi connectivity index (χ2n) is 5.32. The maximum absolute atomic E-state index is 13.7. The van der Waals surface area contributed by atoms with Gasteiger partial charge in [0.25, 0.3) is 11.6 Å². The van der Waals surface area contributed by atoms with Crippen LogP contribution < -0.4 is 5.32 Å². The van der Waals surface area contributed by atoms with Gasteiger partial charge in [-0.15, -0.1) is 10.2 Å². The molecule has 0 unspecified atom stereocenters. The minimum atomic E-state index is -1.21. The first kappa shape index (κ1) is 18.5. The first-order valence-corrected chi connectivity index (χ1v) is 8.24. The molecule has 0 aliphatic rings.